The number of oxazole rings is 1. The molecule has 0 amide bonds. The van der Waals surface area contributed by atoms with E-state index in [0.717, 1.165) is 6.54 Å². The van der Waals surface area contributed by atoms with Gasteiger partial charge in [-0.05, 0) is 12.5 Å². The predicted molar refractivity (Wildman–Crippen MR) is 58.8 cm³/mol. The Morgan fingerprint density at radius 3 is 2.78 bits per heavy atom. The summed E-state index contributed by atoms with van der Waals surface area (Å²) >= 11 is 0. The van der Waals surface area contributed by atoms with Crippen LogP contribution < -0.4 is 5.32 Å². The summed E-state index contributed by atoms with van der Waals surface area (Å²) in [7, 11) is 0. The van der Waals surface area contributed by atoms with Crippen LogP contribution in [-0.2, 0) is 17.9 Å². The molecule has 7 heteroatoms. The first-order valence-corrected chi connectivity index (χ1v) is 5.65. The van der Waals surface area contributed by atoms with Gasteiger partial charge in [0, 0.05) is 6.54 Å². The van der Waals surface area contributed by atoms with Gasteiger partial charge >= 0.3 is 6.18 Å². The fraction of sp³-hybridized carbons (Fsp3) is 0.727. The lowest BCUT2D eigenvalue weighted by Gasteiger charge is -2.08. The molecule has 1 heterocycles. The minimum atomic E-state index is -4.32. The van der Waals surface area contributed by atoms with Gasteiger partial charge in [0.2, 0.25) is 0 Å². The molecule has 4 nitrogen and oxygen atoms in total. The highest BCUT2D eigenvalue weighted by atomic mass is 19.4. The van der Waals surface area contributed by atoms with Crippen LogP contribution in [0.3, 0.4) is 0 Å². The molecule has 0 aliphatic heterocycles. The first kappa shape index (κ1) is 15.0. The minimum absolute atomic E-state index is 0.224. The zero-order chi connectivity index (χ0) is 13.6. The number of ether oxygens (including phenoxy) is 1. The van der Waals surface area contributed by atoms with Gasteiger partial charge in [-0.1, -0.05) is 13.8 Å². The van der Waals surface area contributed by atoms with Crippen molar-refractivity contribution >= 4 is 0 Å². The van der Waals surface area contributed by atoms with E-state index < -0.39 is 12.8 Å². The highest BCUT2D eigenvalue weighted by Gasteiger charge is 2.27. The minimum Gasteiger partial charge on any atom is -0.446 e. The highest BCUT2D eigenvalue weighted by molar-refractivity contribution is 5.05. The summed E-state index contributed by atoms with van der Waals surface area (Å²) in [4.78, 5) is 3.94. The molecular formula is C11H17F3N2O2. The van der Waals surface area contributed by atoms with E-state index in [-0.39, 0.29) is 6.61 Å². The maximum atomic E-state index is 11.9. The summed E-state index contributed by atoms with van der Waals surface area (Å²) in [6, 6.07) is 0. The van der Waals surface area contributed by atoms with E-state index in [4.69, 9.17) is 4.42 Å². The van der Waals surface area contributed by atoms with Crippen LogP contribution in [-0.4, -0.2) is 24.3 Å². The van der Waals surface area contributed by atoms with E-state index in [0.29, 0.717) is 23.9 Å². The van der Waals surface area contributed by atoms with Crippen molar-refractivity contribution in [2.24, 2.45) is 5.92 Å². The van der Waals surface area contributed by atoms with Crippen molar-refractivity contribution in [2.75, 3.05) is 13.2 Å². The van der Waals surface area contributed by atoms with Crippen molar-refractivity contribution in [1.29, 1.82) is 0 Å². The normalized spacial score (nSPS) is 12.3. The average Bonchev–Trinajstić information content (AvgIpc) is 2.63. The zero-order valence-corrected chi connectivity index (χ0v) is 10.4. The summed E-state index contributed by atoms with van der Waals surface area (Å²) < 4.78 is 45.2. The van der Waals surface area contributed by atoms with E-state index in [9.17, 15) is 13.2 Å². The molecule has 0 aliphatic rings. The SMILES string of the molecule is CC(C)CNCc1ncoc1COCC(F)(F)F. The first-order chi connectivity index (χ1) is 8.38. The van der Waals surface area contributed by atoms with E-state index in [2.05, 4.69) is 28.9 Å². The number of hydrogen-bond donors (Lipinski definition) is 1. The van der Waals surface area contributed by atoms with Crippen molar-refractivity contribution in [1.82, 2.24) is 10.3 Å². The molecule has 0 atom stereocenters. The fourth-order valence-corrected chi connectivity index (χ4v) is 1.29. The second-order valence-corrected chi connectivity index (χ2v) is 4.35. The van der Waals surface area contributed by atoms with Crippen LogP contribution in [0.4, 0.5) is 13.2 Å². The van der Waals surface area contributed by atoms with Crippen molar-refractivity contribution < 1.29 is 22.3 Å². The second-order valence-electron chi connectivity index (χ2n) is 4.35. The van der Waals surface area contributed by atoms with Crippen LogP contribution in [0.2, 0.25) is 0 Å². The summed E-state index contributed by atoms with van der Waals surface area (Å²) in [5.41, 5.74) is 0.581. The van der Waals surface area contributed by atoms with Gasteiger partial charge in [0.1, 0.15) is 13.2 Å². The molecule has 1 aromatic heterocycles. The third-order valence-corrected chi connectivity index (χ3v) is 2.07. The molecule has 0 aliphatic carbocycles. The topological polar surface area (TPSA) is 47.3 Å². The van der Waals surface area contributed by atoms with Crippen LogP contribution in [0.15, 0.2) is 10.8 Å². The summed E-state index contributed by atoms with van der Waals surface area (Å²) in [5.74, 6) is 0.817. The molecule has 0 aromatic carbocycles. The van der Waals surface area contributed by atoms with Crippen molar-refractivity contribution in [3.05, 3.63) is 17.8 Å². The van der Waals surface area contributed by atoms with Crippen LogP contribution in [0.5, 0.6) is 0 Å². The van der Waals surface area contributed by atoms with Crippen molar-refractivity contribution in [3.63, 3.8) is 0 Å². The van der Waals surface area contributed by atoms with Gasteiger partial charge in [0.05, 0.1) is 5.69 Å². The van der Waals surface area contributed by atoms with Gasteiger partial charge in [-0.2, -0.15) is 13.2 Å². The van der Waals surface area contributed by atoms with Crippen molar-refractivity contribution in [2.45, 2.75) is 33.2 Å². The first-order valence-electron chi connectivity index (χ1n) is 5.65. The van der Waals surface area contributed by atoms with Crippen LogP contribution in [0.1, 0.15) is 25.3 Å². The number of halogens is 3. The Morgan fingerprint density at radius 1 is 1.44 bits per heavy atom. The van der Waals surface area contributed by atoms with Crippen LogP contribution in [0.25, 0.3) is 0 Å². The Labute approximate surface area is 104 Å². The molecule has 0 fully saturated rings. The lowest BCUT2D eigenvalue weighted by atomic mass is 10.2. The molecule has 1 aromatic rings. The second kappa shape index (κ2) is 6.75. The molecule has 1 rings (SSSR count). The Bertz CT molecular complexity index is 350. The van der Waals surface area contributed by atoms with Gasteiger partial charge in [0.25, 0.3) is 0 Å². The molecule has 0 unspecified atom stereocenters. The van der Waals surface area contributed by atoms with Gasteiger partial charge < -0.3 is 14.5 Å². The standard InChI is InChI=1S/C11H17F3N2O2/c1-8(2)3-15-4-9-10(18-7-16-9)5-17-6-11(12,13)14/h7-8,15H,3-6H2,1-2H3. The number of nitrogens with zero attached hydrogens (tertiary/aromatic N) is 1. The van der Waals surface area contributed by atoms with Crippen molar-refractivity contribution in [3.8, 4) is 0 Å². The van der Waals surface area contributed by atoms with Gasteiger partial charge in [-0.15, -0.1) is 0 Å². The number of hydrogen-bond acceptors (Lipinski definition) is 4. The molecule has 0 spiro atoms. The van der Waals surface area contributed by atoms with Gasteiger partial charge in [-0.25, -0.2) is 4.98 Å². The maximum Gasteiger partial charge on any atom is 0.411 e. The molecular weight excluding hydrogens is 249 g/mol. The Balaban J connectivity index is 2.35. The smallest absolute Gasteiger partial charge is 0.411 e. The Kier molecular flexibility index (Phi) is 5.61. The monoisotopic (exact) mass is 266 g/mol. The summed E-state index contributed by atoms with van der Waals surface area (Å²) in [6.45, 7) is 3.87. The number of aromatic nitrogens is 1. The molecule has 1 N–H and O–H groups in total. The Morgan fingerprint density at radius 2 is 2.17 bits per heavy atom. The number of alkyl halides is 3. The molecule has 0 saturated carbocycles. The maximum absolute atomic E-state index is 11.9. The lowest BCUT2D eigenvalue weighted by molar-refractivity contribution is -0.177. The van der Waals surface area contributed by atoms with Crippen LogP contribution in [0, 0.1) is 5.92 Å². The summed E-state index contributed by atoms with van der Waals surface area (Å²) in [5, 5.41) is 3.13. The van der Waals surface area contributed by atoms with E-state index >= 15 is 0 Å². The largest absolute Gasteiger partial charge is 0.446 e. The molecule has 18 heavy (non-hydrogen) atoms. The summed E-state index contributed by atoms with van der Waals surface area (Å²) in [6.07, 6.45) is -3.12. The molecule has 0 saturated heterocycles. The van der Waals surface area contributed by atoms with Crippen LogP contribution >= 0.6 is 0 Å². The highest BCUT2D eigenvalue weighted by Crippen LogP contribution is 2.16. The zero-order valence-electron chi connectivity index (χ0n) is 10.4. The predicted octanol–water partition coefficient (Wildman–Crippen LogP) is 2.50. The third kappa shape index (κ3) is 6.02. The van der Waals surface area contributed by atoms with Gasteiger partial charge in [-0.3, -0.25) is 0 Å². The Hall–Kier alpha value is -1.08. The van der Waals surface area contributed by atoms with E-state index in [1.54, 1.807) is 0 Å². The number of rotatable bonds is 7. The molecule has 0 bridgehead atoms. The molecule has 104 valence electrons. The van der Waals surface area contributed by atoms with E-state index in [1.165, 1.54) is 6.39 Å². The van der Waals surface area contributed by atoms with Gasteiger partial charge in [0.15, 0.2) is 12.2 Å². The quantitative estimate of drug-likeness (QED) is 0.823. The third-order valence-electron chi connectivity index (χ3n) is 2.07. The lowest BCUT2D eigenvalue weighted by Crippen LogP contribution is -2.20. The average molecular weight is 266 g/mol. The fourth-order valence-electron chi connectivity index (χ4n) is 1.29. The number of nitrogens with one attached hydrogen (secondary N) is 1. The van der Waals surface area contributed by atoms with E-state index in [1.807, 2.05) is 0 Å². The molecule has 0 radical (unpaired) electrons.